The smallest absolute Gasteiger partial charge is 0.251 e. The monoisotopic (exact) mass is 291 g/mol. The summed E-state index contributed by atoms with van der Waals surface area (Å²) in [6, 6.07) is 14.4. The third-order valence-electron chi connectivity index (χ3n) is 3.35. The van der Waals surface area contributed by atoms with Gasteiger partial charge in [0.1, 0.15) is 5.52 Å². The van der Waals surface area contributed by atoms with Crippen molar-refractivity contribution in [2.75, 3.05) is 6.54 Å². The Morgan fingerprint density at radius 1 is 1.27 bits per heavy atom. The normalized spacial score (nSPS) is 10.3. The maximum absolute atomic E-state index is 12.0. The number of carbonyl (C=O) groups is 1. The molecule has 0 aliphatic carbocycles. The molecule has 1 N–H and O–H groups in total. The van der Waals surface area contributed by atoms with E-state index in [2.05, 4.69) is 10.3 Å². The van der Waals surface area contributed by atoms with Gasteiger partial charge < -0.3 is 9.73 Å². The summed E-state index contributed by atoms with van der Waals surface area (Å²) in [5, 5.41) is 11.7. The van der Waals surface area contributed by atoms with Gasteiger partial charge in [-0.2, -0.15) is 5.26 Å². The first-order chi connectivity index (χ1) is 10.8. The summed E-state index contributed by atoms with van der Waals surface area (Å²) < 4.78 is 5.19. The summed E-state index contributed by atoms with van der Waals surface area (Å²) in [5.41, 5.74) is 3.61. The van der Waals surface area contributed by atoms with Gasteiger partial charge in [0, 0.05) is 12.1 Å². The van der Waals surface area contributed by atoms with Crippen molar-refractivity contribution < 1.29 is 9.21 Å². The number of fused-ring (bicyclic) bond motifs is 1. The first kappa shape index (κ1) is 13.8. The molecule has 2 aromatic carbocycles. The van der Waals surface area contributed by atoms with Gasteiger partial charge in [-0.15, -0.1) is 0 Å². The van der Waals surface area contributed by atoms with Crippen molar-refractivity contribution in [3.63, 3.8) is 0 Å². The number of aromatic nitrogens is 1. The number of nitrogens with zero attached hydrogens (tertiary/aromatic N) is 2. The second-order valence-corrected chi connectivity index (χ2v) is 4.85. The highest BCUT2D eigenvalue weighted by atomic mass is 16.3. The van der Waals surface area contributed by atoms with Crippen LogP contribution in [0.3, 0.4) is 0 Å². The molecule has 1 heterocycles. The average molecular weight is 291 g/mol. The van der Waals surface area contributed by atoms with E-state index in [9.17, 15) is 4.79 Å². The van der Waals surface area contributed by atoms with Crippen LogP contribution < -0.4 is 5.32 Å². The lowest BCUT2D eigenvalue weighted by Gasteiger charge is -2.05. The van der Waals surface area contributed by atoms with E-state index >= 15 is 0 Å². The van der Waals surface area contributed by atoms with E-state index in [-0.39, 0.29) is 5.91 Å². The van der Waals surface area contributed by atoms with E-state index in [1.807, 2.05) is 24.3 Å². The van der Waals surface area contributed by atoms with Crippen molar-refractivity contribution in [2.45, 2.75) is 6.42 Å². The van der Waals surface area contributed by atoms with Crippen molar-refractivity contribution in [1.82, 2.24) is 10.3 Å². The lowest BCUT2D eigenvalue weighted by atomic mass is 10.1. The van der Waals surface area contributed by atoms with Gasteiger partial charge in [-0.3, -0.25) is 4.79 Å². The van der Waals surface area contributed by atoms with Crippen molar-refractivity contribution in [3.8, 4) is 6.07 Å². The van der Waals surface area contributed by atoms with E-state index in [0.29, 0.717) is 24.1 Å². The summed E-state index contributed by atoms with van der Waals surface area (Å²) in [6.07, 6.45) is 2.12. The van der Waals surface area contributed by atoms with Gasteiger partial charge in [0.05, 0.1) is 11.6 Å². The molecule has 0 atom stereocenters. The summed E-state index contributed by atoms with van der Waals surface area (Å²) in [5.74, 6) is -0.181. The molecule has 1 amide bonds. The fraction of sp³-hybridized carbons (Fsp3) is 0.118. The molecule has 5 nitrogen and oxygen atoms in total. The topological polar surface area (TPSA) is 78.9 Å². The second kappa shape index (κ2) is 6.10. The lowest BCUT2D eigenvalue weighted by molar-refractivity contribution is 0.0954. The number of oxazole rings is 1. The molecule has 0 spiro atoms. The van der Waals surface area contributed by atoms with Crippen molar-refractivity contribution in [1.29, 1.82) is 5.26 Å². The number of rotatable bonds is 4. The highest BCUT2D eigenvalue weighted by molar-refractivity contribution is 5.94. The zero-order valence-electron chi connectivity index (χ0n) is 11.7. The molecule has 0 unspecified atom stereocenters. The van der Waals surface area contributed by atoms with Gasteiger partial charge in [0.2, 0.25) is 0 Å². The number of nitrogens with one attached hydrogen (secondary N) is 1. The standard InChI is InChI=1S/C17H13N3O2/c18-10-13-2-1-3-14(8-13)17(21)19-7-6-12-4-5-16-15(9-12)20-11-22-16/h1-5,8-9,11H,6-7H2,(H,19,21). The van der Waals surface area contributed by atoms with Crippen molar-refractivity contribution in [2.24, 2.45) is 0 Å². The number of hydrogen-bond acceptors (Lipinski definition) is 4. The maximum atomic E-state index is 12.0. The summed E-state index contributed by atoms with van der Waals surface area (Å²) in [6.45, 7) is 0.513. The minimum absolute atomic E-state index is 0.181. The fourth-order valence-electron chi connectivity index (χ4n) is 2.21. The lowest BCUT2D eigenvalue weighted by Crippen LogP contribution is -2.25. The van der Waals surface area contributed by atoms with E-state index in [1.165, 1.54) is 6.39 Å². The predicted octanol–water partition coefficient (Wildman–Crippen LogP) is 2.67. The summed E-state index contributed by atoms with van der Waals surface area (Å²) in [7, 11) is 0. The molecular formula is C17H13N3O2. The van der Waals surface area contributed by atoms with Gasteiger partial charge in [-0.25, -0.2) is 4.98 Å². The molecule has 1 aromatic heterocycles. The molecule has 0 aliphatic heterocycles. The maximum Gasteiger partial charge on any atom is 0.251 e. The summed E-state index contributed by atoms with van der Waals surface area (Å²) >= 11 is 0. The van der Waals surface area contributed by atoms with Crippen LogP contribution in [0.15, 0.2) is 53.3 Å². The third kappa shape index (κ3) is 2.96. The van der Waals surface area contributed by atoms with E-state index < -0.39 is 0 Å². The van der Waals surface area contributed by atoms with Gasteiger partial charge in [-0.05, 0) is 42.3 Å². The molecule has 5 heteroatoms. The minimum atomic E-state index is -0.181. The summed E-state index contributed by atoms with van der Waals surface area (Å²) in [4.78, 5) is 16.1. The van der Waals surface area contributed by atoms with Crippen LogP contribution in [0.1, 0.15) is 21.5 Å². The second-order valence-electron chi connectivity index (χ2n) is 4.85. The Hall–Kier alpha value is -3.13. The molecule has 0 saturated carbocycles. The third-order valence-corrected chi connectivity index (χ3v) is 3.35. The molecule has 3 rings (SSSR count). The number of amides is 1. The van der Waals surface area contributed by atoms with Crippen LogP contribution in [-0.4, -0.2) is 17.4 Å². The number of nitriles is 1. The largest absolute Gasteiger partial charge is 0.443 e. The van der Waals surface area contributed by atoms with Gasteiger partial charge in [-0.1, -0.05) is 12.1 Å². The number of benzene rings is 2. The van der Waals surface area contributed by atoms with Crippen LogP contribution in [0.2, 0.25) is 0 Å². The van der Waals surface area contributed by atoms with Crippen LogP contribution in [0.25, 0.3) is 11.1 Å². The first-order valence-electron chi connectivity index (χ1n) is 6.87. The first-order valence-corrected chi connectivity index (χ1v) is 6.87. The predicted molar refractivity (Wildman–Crippen MR) is 81.2 cm³/mol. The zero-order chi connectivity index (χ0) is 15.4. The van der Waals surface area contributed by atoms with Crippen LogP contribution in [0.5, 0.6) is 0 Å². The van der Waals surface area contributed by atoms with E-state index in [1.54, 1.807) is 24.3 Å². The van der Waals surface area contributed by atoms with Crippen LogP contribution in [0.4, 0.5) is 0 Å². The molecule has 0 radical (unpaired) electrons. The van der Waals surface area contributed by atoms with Crippen LogP contribution in [0, 0.1) is 11.3 Å². The zero-order valence-corrected chi connectivity index (χ0v) is 11.7. The van der Waals surface area contributed by atoms with Crippen molar-refractivity contribution >= 4 is 17.0 Å². The molecular weight excluding hydrogens is 278 g/mol. The van der Waals surface area contributed by atoms with Gasteiger partial charge in [0.25, 0.3) is 5.91 Å². The van der Waals surface area contributed by atoms with Gasteiger partial charge in [0.15, 0.2) is 12.0 Å². The molecule has 0 bridgehead atoms. The number of hydrogen-bond donors (Lipinski definition) is 1. The molecule has 3 aromatic rings. The Kier molecular flexibility index (Phi) is 3.84. The Balaban J connectivity index is 1.60. The highest BCUT2D eigenvalue weighted by Crippen LogP contribution is 2.14. The SMILES string of the molecule is N#Cc1cccc(C(=O)NCCc2ccc3ocnc3c2)c1. The van der Waals surface area contributed by atoms with Gasteiger partial charge >= 0.3 is 0 Å². The molecule has 0 fully saturated rings. The Bertz CT molecular complexity index is 861. The molecule has 22 heavy (non-hydrogen) atoms. The van der Waals surface area contributed by atoms with Crippen molar-refractivity contribution in [3.05, 3.63) is 65.5 Å². The molecule has 0 saturated heterocycles. The fourth-order valence-corrected chi connectivity index (χ4v) is 2.21. The average Bonchev–Trinajstić information content (AvgIpc) is 3.02. The van der Waals surface area contributed by atoms with E-state index in [4.69, 9.17) is 9.68 Å². The quantitative estimate of drug-likeness (QED) is 0.801. The Morgan fingerprint density at radius 3 is 3.05 bits per heavy atom. The van der Waals surface area contributed by atoms with Crippen LogP contribution >= 0.6 is 0 Å². The minimum Gasteiger partial charge on any atom is -0.443 e. The Morgan fingerprint density at radius 2 is 2.18 bits per heavy atom. The Labute approximate surface area is 127 Å². The molecule has 0 aliphatic rings. The molecule has 108 valence electrons. The van der Waals surface area contributed by atoms with Crippen LogP contribution in [-0.2, 0) is 6.42 Å². The number of carbonyl (C=O) groups excluding carboxylic acids is 1. The highest BCUT2D eigenvalue weighted by Gasteiger charge is 2.06. The van der Waals surface area contributed by atoms with E-state index in [0.717, 1.165) is 16.7 Å².